The first kappa shape index (κ1) is 15.1. The summed E-state index contributed by atoms with van der Waals surface area (Å²) in [7, 11) is 1.74. The molecule has 0 aromatic heterocycles. The van der Waals surface area contributed by atoms with Crippen molar-refractivity contribution in [3.05, 3.63) is 0 Å². The van der Waals surface area contributed by atoms with E-state index in [4.69, 9.17) is 5.11 Å². The van der Waals surface area contributed by atoms with E-state index in [1.165, 1.54) is 0 Å². The van der Waals surface area contributed by atoms with Crippen LogP contribution in [0.3, 0.4) is 0 Å². The molecule has 0 bridgehead atoms. The van der Waals surface area contributed by atoms with Crippen LogP contribution in [0.15, 0.2) is 0 Å². The summed E-state index contributed by atoms with van der Waals surface area (Å²) in [5.74, 6) is 1.06. The second-order valence-corrected chi connectivity index (χ2v) is 5.76. The molecule has 0 aromatic rings. The van der Waals surface area contributed by atoms with Gasteiger partial charge in [0, 0.05) is 18.8 Å². The van der Waals surface area contributed by atoms with Crippen molar-refractivity contribution >= 4 is 23.8 Å². The van der Waals surface area contributed by atoms with Gasteiger partial charge in [-0.15, -0.1) is 0 Å². The third-order valence-electron chi connectivity index (χ3n) is 3.22. The second kappa shape index (κ2) is 7.51. The highest BCUT2D eigenvalue weighted by molar-refractivity contribution is 7.99. The zero-order valence-electron chi connectivity index (χ0n) is 11.0. The Morgan fingerprint density at radius 1 is 1.56 bits per heavy atom. The van der Waals surface area contributed by atoms with Gasteiger partial charge in [-0.2, -0.15) is 11.8 Å². The van der Waals surface area contributed by atoms with Crippen LogP contribution in [0.2, 0.25) is 0 Å². The van der Waals surface area contributed by atoms with Crippen molar-refractivity contribution < 1.29 is 14.7 Å². The summed E-state index contributed by atoms with van der Waals surface area (Å²) >= 11 is 1.83. The molecule has 0 spiro atoms. The molecule has 2 amide bonds. The van der Waals surface area contributed by atoms with Crippen LogP contribution in [0.25, 0.3) is 0 Å². The highest BCUT2D eigenvalue weighted by Crippen LogP contribution is 2.21. The lowest BCUT2D eigenvalue weighted by molar-refractivity contribution is -0.139. The van der Waals surface area contributed by atoms with E-state index in [-0.39, 0.29) is 12.1 Å². The molecule has 1 saturated heterocycles. The molecule has 5 nitrogen and oxygen atoms in total. The van der Waals surface area contributed by atoms with Crippen molar-refractivity contribution in [3.8, 4) is 0 Å². The van der Waals surface area contributed by atoms with Crippen molar-refractivity contribution in [3.63, 3.8) is 0 Å². The fraction of sp³-hybridized carbons (Fsp3) is 0.833. The number of nitrogens with one attached hydrogen (secondary N) is 1. The van der Waals surface area contributed by atoms with E-state index in [1.54, 1.807) is 11.9 Å². The molecule has 1 aliphatic heterocycles. The van der Waals surface area contributed by atoms with Crippen molar-refractivity contribution in [1.82, 2.24) is 10.2 Å². The van der Waals surface area contributed by atoms with Crippen LogP contribution in [-0.4, -0.2) is 52.6 Å². The number of urea groups is 1. The van der Waals surface area contributed by atoms with Gasteiger partial charge in [-0.1, -0.05) is 19.8 Å². The summed E-state index contributed by atoms with van der Waals surface area (Å²) < 4.78 is 0. The van der Waals surface area contributed by atoms with E-state index < -0.39 is 12.0 Å². The van der Waals surface area contributed by atoms with Gasteiger partial charge in [-0.25, -0.2) is 9.59 Å². The molecule has 0 aromatic carbocycles. The normalized spacial score (nSPS) is 20.4. The third kappa shape index (κ3) is 4.40. The first-order valence-electron chi connectivity index (χ1n) is 6.40. The predicted octanol–water partition coefficient (Wildman–Crippen LogP) is 1.78. The number of hydrogen-bond acceptors (Lipinski definition) is 3. The van der Waals surface area contributed by atoms with E-state index in [9.17, 15) is 9.59 Å². The quantitative estimate of drug-likeness (QED) is 0.774. The smallest absolute Gasteiger partial charge is 0.326 e. The van der Waals surface area contributed by atoms with Crippen molar-refractivity contribution in [2.24, 2.45) is 0 Å². The van der Waals surface area contributed by atoms with Crippen molar-refractivity contribution in [2.45, 2.75) is 44.7 Å². The fourth-order valence-electron chi connectivity index (χ4n) is 1.91. The lowest BCUT2D eigenvalue weighted by Crippen LogP contribution is -2.49. The maximum absolute atomic E-state index is 12.0. The van der Waals surface area contributed by atoms with Crippen LogP contribution in [-0.2, 0) is 4.79 Å². The van der Waals surface area contributed by atoms with Crippen LogP contribution >= 0.6 is 11.8 Å². The maximum Gasteiger partial charge on any atom is 0.326 e. The lowest BCUT2D eigenvalue weighted by atomic mass is 10.1. The van der Waals surface area contributed by atoms with E-state index in [0.717, 1.165) is 30.8 Å². The monoisotopic (exact) mass is 274 g/mol. The molecule has 1 aliphatic rings. The summed E-state index contributed by atoms with van der Waals surface area (Å²) in [4.78, 5) is 24.6. The highest BCUT2D eigenvalue weighted by atomic mass is 32.2. The number of amides is 2. The predicted molar refractivity (Wildman–Crippen MR) is 73.0 cm³/mol. The van der Waals surface area contributed by atoms with Crippen LogP contribution < -0.4 is 5.32 Å². The van der Waals surface area contributed by atoms with Gasteiger partial charge >= 0.3 is 12.0 Å². The van der Waals surface area contributed by atoms with Gasteiger partial charge in [0.05, 0.1) is 0 Å². The van der Waals surface area contributed by atoms with Crippen molar-refractivity contribution in [1.29, 1.82) is 0 Å². The van der Waals surface area contributed by atoms with Gasteiger partial charge in [0.2, 0.25) is 0 Å². The van der Waals surface area contributed by atoms with Gasteiger partial charge in [0.15, 0.2) is 0 Å². The number of unbranched alkanes of at least 4 members (excludes halogenated alkanes) is 1. The van der Waals surface area contributed by atoms with E-state index in [1.807, 2.05) is 18.7 Å². The van der Waals surface area contributed by atoms with Crippen LogP contribution in [0.4, 0.5) is 4.79 Å². The Labute approximate surface area is 112 Å². The Kier molecular flexibility index (Phi) is 6.32. The minimum atomic E-state index is -0.953. The minimum absolute atomic E-state index is 0.232. The Hall–Kier alpha value is -0.910. The SMILES string of the molecule is CCCCC(NC(=O)N(C)C1CCSC1)C(=O)O. The first-order chi connectivity index (χ1) is 8.56. The number of hydrogen-bond donors (Lipinski definition) is 2. The number of aliphatic carboxylic acids is 1. The number of carboxylic acids is 1. The summed E-state index contributed by atoms with van der Waals surface area (Å²) in [6, 6.07) is -0.810. The summed E-state index contributed by atoms with van der Waals surface area (Å²) in [6.07, 6.45) is 3.21. The number of thioether (sulfide) groups is 1. The number of rotatable bonds is 6. The summed E-state index contributed by atoms with van der Waals surface area (Å²) in [5.41, 5.74) is 0. The van der Waals surface area contributed by atoms with E-state index in [2.05, 4.69) is 5.32 Å². The molecular weight excluding hydrogens is 252 g/mol. The molecule has 1 fully saturated rings. The second-order valence-electron chi connectivity index (χ2n) is 4.61. The number of carbonyl (C=O) groups excluding carboxylic acids is 1. The lowest BCUT2D eigenvalue weighted by Gasteiger charge is -2.26. The average molecular weight is 274 g/mol. The summed E-state index contributed by atoms with van der Waals surface area (Å²) in [5, 5.41) is 11.7. The molecule has 0 aliphatic carbocycles. The van der Waals surface area contributed by atoms with Gasteiger partial charge in [-0.3, -0.25) is 0 Å². The maximum atomic E-state index is 12.0. The molecule has 0 saturated carbocycles. The Morgan fingerprint density at radius 2 is 2.28 bits per heavy atom. The van der Waals surface area contributed by atoms with Crippen LogP contribution in [0.1, 0.15) is 32.6 Å². The minimum Gasteiger partial charge on any atom is -0.480 e. The van der Waals surface area contributed by atoms with Gasteiger partial charge < -0.3 is 15.3 Å². The van der Waals surface area contributed by atoms with Crippen molar-refractivity contribution in [2.75, 3.05) is 18.6 Å². The number of nitrogens with zero attached hydrogens (tertiary/aromatic N) is 1. The molecular formula is C12H22N2O3S. The van der Waals surface area contributed by atoms with E-state index >= 15 is 0 Å². The molecule has 2 atom stereocenters. The average Bonchev–Trinajstić information content (AvgIpc) is 2.86. The van der Waals surface area contributed by atoms with E-state index in [0.29, 0.717) is 6.42 Å². The molecule has 2 N–H and O–H groups in total. The molecule has 0 radical (unpaired) electrons. The Morgan fingerprint density at radius 3 is 2.78 bits per heavy atom. The van der Waals surface area contributed by atoms with Gasteiger partial charge in [0.1, 0.15) is 6.04 Å². The molecule has 1 rings (SSSR count). The molecule has 6 heteroatoms. The van der Waals surface area contributed by atoms with Crippen LogP contribution in [0, 0.1) is 0 Å². The number of carbonyl (C=O) groups is 2. The first-order valence-corrected chi connectivity index (χ1v) is 7.55. The van der Waals surface area contributed by atoms with Gasteiger partial charge in [-0.05, 0) is 18.6 Å². The molecule has 1 heterocycles. The fourth-order valence-corrected chi connectivity index (χ4v) is 3.18. The highest BCUT2D eigenvalue weighted by Gasteiger charge is 2.27. The molecule has 18 heavy (non-hydrogen) atoms. The third-order valence-corrected chi connectivity index (χ3v) is 4.36. The molecule has 104 valence electrons. The number of carboxylic acid groups (broad SMARTS) is 1. The Bertz CT molecular complexity index is 293. The zero-order valence-corrected chi connectivity index (χ0v) is 11.8. The van der Waals surface area contributed by atoms with Gasteiger partial charge in [0.25, 0.3) is 0 Å². The Balaban J connectivity index is 2.46. The largest absolute Gasteiger partial charge is 0.480 e. The zero-order chi connectivity index (χ0) is 13.5. The standard InChI is InChI=1S/C12H22N2O3S/c1-3-4-5-10(11(15)16)13-12(17)14(2)9-6-7-18-8-9/h9-10H,3-8H2,1-2H3,(H,13,17)(H,15,16). The topological polar surface area (TPSA) is 69.6 Å². The summed E-state index contributed by atoms with van der Waals surface area (Å²) in [6.45, 7) is 2.00. The molecule has 2 unspecified atom stereocenters. The van der Waals surface area contributed by atoms with Crippen LogP contribution in [0.5, 0.6) is 0 Å².